The molecule has 0 spiro atoms. The van der Waals surface area contributed by atoms with Crippen molar-refractivity contribution >= 4 is 5.91 Å². The molecule has 0 unspecified atom stereocenters. The largest absolute Gasteiger partial charge is 0.347 e. The molecule has 108 valence electrons. The molecular weight excluding hydrogens is 252 g/mol. The van der Waals surface area contributed by atoms with E-state index in [1.165, 1.54) is 0 Å². The predicted octanol–water partition coefficient (Wildman–Crippen LogP) is 1.58. The Morgan fingerprint density at radius 3 is 3.00 bits per heavy atom. The van der Waals surface area contributed by atoms with Gasteiger partial charge in [-0.15, -0.1) is 0 Å². The van der Waals surface area contributed by atoms with Crippen molar-refractivity contribution in [3.63, 3.8) is 0 Å². The van der Waals surface area contributed by atoms with Gasteiger partial charge in [-0.25, -0.2) is 4.98 Å². The Hall–Kier alpha value is -1.62. The van der Waals surface area contributed by atoms with Gasteiger partial charge in [0.15, 0.2) is 0 Å². The maximum atomic E-state index is 12.6. The molecule has 0 radical (unpaired) electrons. The van der Waals surface area contributed by atoms with Crippen molar-refractivity contribution in [1.29, 1.82) is 0 Å². The van der Waals surface area contributed by atoms with Crippen LogP contribution in [0.2, 0.25) is 0 Å². The van der Waals surface area contributed by atoms with Gasteiger partial charge in [-0.3, -0.25) is 9.69 Å². The molecule has 0 saturated carbocycles. The van der Waals surface area contributed by atoms with E-state index in [2.05, 4.69) is 34.1 Å². The third-order valence-corrected chi connectivity index (χ3v) is 4.41. The van der Waals surface area contributed by atoms with E-state index in [9.17, 15) is 4.79 Å². The standard InChI is InChI=1S/C15H22N4O/c1-18-9-10-19(11-13(18)14-16-7-8-17-14)15(20)12-5-3-2-4-6-12/h2-3,7-8,12-13H,4-6,9-11H2,1H3,(H,16,17)/t12-,13-/m0/s1. The van der Waals surface area contributed by atoms with Crippen LogP contribution in [0.1, 0.15) is 31.1 Å². The molecule has 1 amide bonds. The predicted molar refractivity (Wildman–Crippen MR) is 77.0 cm³/mol. The fourth-order valence-corrected chi connectivity index (χ4v) is 3.10. The molecule has 1 aliphatic carbocycles. The first-order valence-corrected chi connectivity index (χ1v) is 7.39. The van der Waals surface area contributed by atoms with Gasteiger partial charge in [0.25, 0.3) is 0 Å². The number of hydrogen-bond acceptors (Lipinski definition) is 3. The first-order chi connectivity index (χ1) is 9.75. The molecule has 1 aromatic heterocycles. The summed E-state index contributed by atoms with van der Waals surface area (Å²) in [6.45, 7) is 2.47. The van der Waals surface area contributed by atoms with E-state index in [1.807, 2.05) is 11.1 Å². The Bertz CT molecular complexity index is 482. The van der Waals surface area contributed by atoms with Crippen molar-refractivity contribution in [2.75, 3.05) is 26.7 Å². The van der Waals surface area contributed by atoms with Crippen molar-refractivity contribution in [2.24, 2.45) is 5.92 Å². The topological polar surface area (TPSA) is 52.2 Å². The minimum atomic E-state index is 0.181. The number of hydrogen-bond donors (Lipinski definition) is 1. The quantitative estimate of drug-likeness (QED) is 0.833. The second-order valence-electron chi connectivity index (χ2n) is 5.74. The van der Waals surface area contributed by atoms with Crippen LogP contribution in [0.4, 0.5) is 0 Å². The third-order valence-electron chi connectivity index (χ3n) is 4.41. The summed E-state index contributed by atoms with van der Waals surface area (Å²) in [5, 5.41) is 0. The number of H-pyrrole nitrogens is 1. The van der Waals surface area contributed by atoms with E-state index in [4.69, 9.17) is 0 Å². The Kier molecular flexibility index (Phi) is 3.87. The van der Waals surface area contributed by atoms with Gasteiger partial charge in [0.2, 0.25) is 5.91 Å². The Labute approximate surface area is 119 Å². The first kappa shape index (κ1) is 13.4. The van der Waals surface area contributed by atoms with Crippen LogP contribution in [-0.2, 0) is 4.79 Å². The summed E-state index contributed by atoms with van der Waals surface area (Å²) in [5.41, 5.74) is 0. The first-order valence-electron chi connectivity index (χ1n) is 7.39. The number of carbonyl (C=O) groups excluding carboxylic acids is 1. The van der Waals surface area contributed by atoms with Gasteiger partial charge in [-0.1, -0.05) is 12.2 Å². The highest BCUT2D eigenvalue weighted by Gasteiger charge is 2.32. The maximum absolute atomic E-state index is 12.6. The summed E-state index contributed by atoms with van der Waals surface area (Å²) in [7, 11) is 2.10. The zero-order chi connectivity index (χ0) is 13.9. The van der Waals surface area contributed by atoms with E-state index in [1.54, 1.807) is 6.20 Å². The van der Waals surface area contributed by atoms with E-state index < -0.39 is 0 Å². The van der Waals surface area contributed by atoms with Gasteiger partial charge >= 0.3 is 0 Å². The van der Waals surface area contributed by atoms with Crippen molar-refractivity contribution < 1.29 is 4.79 Å². The molecule has 3 rings (SSSR count). The van der Waals surface area contributed by atoms with Crippen LogP contribution in [0.25, 0.3) is 0 Å². The lowest BCUT2D eigenvalue weighted by atomic mass is 9.92. The number of imidazole rings is 1. The summed E-state index contributed by atoms with van der Waals surface area (Å²) >= 11 is 0. The minimum Gasteiger partial charge on any atom is -0.347 e. The molecule has 1 fully saturated rings. The van der Waals surface area contributed by atoms with E-state index in [-0.39, 0.29) is 12.0 Å². The van der Waals surface area contributed by atoms with Crippen molar-refractivity contribution in [3.8, 4) is 0 Å². The Balaban J connectivity index is 1.68. The number of aromatic nitrogens is 2. The molecule has 5 heteroatoms. The molecular formula is C15H22N4O. The van der Waals surface area contributed by atoms with Gasteiger partial charge in [0, 0.05) is 37.9 Å². The Morgan fingerprint density at radius 1 is 1.40 bits per heavy atom. The average Bonchev–Trinajstić information content (AvgIpc) is 3.02. The highest BCUT2D eigenvalue weighted by Crippen LogP contribution is 2.25. The number of likely N-dealkylation sites (N-methyl/N-ethyl adjacent to an activating group) is 1. The van der Waals surface area contributed by atoms with Crippen LogP contribution >= 0.6 is 0 Å². The maximum Gasteiger partial charge on any atom is 0.226 e. The fourth-order valence-electron chi connectivity index (χ4n) is 3.10. The summed E-state index contributed by atoms with van der Waals surface area (Å²) in [6.07, 6.45) is 10.9. The molecule has 2 heterocycles. The lowest BCUT2D eigenvalue weighted by molar-refractivity contribution is -0.138. The van der Waals surface area contributed by atoms with Crippen LogP contribution in [0, 0.1) is 5.92 Å². The third kappa shape index (κ3) is 2.63. The number of rotatable bonds is 2. The minimum absolute atomic E-state index is 0.181. The second-order valence-corrected chi connectivity index (χ2v) is 5.74. The van der Waals surface area contributed by atoms with Crippen LogP contribution in [0.5, 0.6) is 0 Å². The van der Waals surface area contributed by atoms with Crippen LogP contribution in [0.15, 0.2) is 24.5 Å². The molecule has 5 nitrogen and oxygen atoms in total. The van der Waals surface area contributed by atoms with Crippen molar-refractivity contribution in [2.45, 2.75) is 25.3 Å². The van der Waals surface area contributed by atoms with Crippen LogP contribution in [0.3, 0.4) is 0 Å². The zero-order valence-electron chi connectivity index (χ0n) is 12.0. The number of aromatic amines is 1. The Morgan fingerprint density at radius 2 is 2.30 bits per heavy atom. The van der Waals surface area contributed by atoms with Crippen LogP contribution < -0.4 is 0 Å². The number of piperazine rings is 1. The summed E-state index contributed by atoms with van der Waals surface area (Å²) < 4.78 is 0. The van der Waals surface area contributed by atoms with Crippen molar-refractivity contribution in [3.05, 3.63) is 30.4 Å². The van der Waals surface area contributed by atoms with Gasteiger partial charge in [-0.05, 0) is 26.3 Å². The fraction of sp³-hybridized carbons (Fsp3) is 0.600. The van der Waals surface area contributed by atoms with Gasteiger partial charge in [-0.2, -0.15) is 0 Å². The van der Waals surface area contributed by atoms with Gasteiger partial charge in [0.05, 0.1) is 6.04 Å². The zero-order valence-corrected chi connectivity index (χ0v) is 12.0. The smallest absolute Gasteiger partial charge is 0.226 e. The molecule has 0 bridgehead atoms. The molecule has 2 atom stereocenters. The molecule has 1 N–H and O–H groups in total. The summed E-state index contributed by atoms with van der Waals surface area (Å²) in [6, 6.07) is 0.182. The molecule has 1 aliphatic heterocycles. The van der Waals surface area contributed by atoms with E-state index in [0.717, 1.165) is 44.7 Å². The highest BCUT2D eigenvalue weighted by atomic mass is 16.2. The highest BCUT2D eigenvalue weighted by molar-refractivity contribution is 5.79. The summed E-state index contributed by atoms with van der Waals surface area (Å²) in [4.78, 5) is 24.4. The lowest BCUT2D eigenvalue weighted by Gasteiger charge is -2.40. The average molecular weight is 274 g/mol. The summed E-state index contributed by atoms with van der Waals surface area (Å²) in [5.74, 6) is 1.45. The van der Waals surface area contributed by atoms with E-state index >= 15 is 0 Å². The molecule has 2 aliphatic rings. The molecule has 0 aromatic carbocycles. The van der Waals surface area contributed by atoms with Gasteiger partial charge in [0.1, 0.15) is 5.82 Å². The van der Waals surface area contributed by atoms with Crippen molar-refractivity contribution in [1.82, 2.24) is 19.8 Å². The monoisotopic (exact) mass is 274 g/mol. The normalized spacial score (nSPS) is 27.8. The SMILES string of the molecule is CN1CCN(C(=O)[C@H]2CC=CCC2)C[C@H]1c1ncc[nH]1. The number of allylic oxidation sites excluding steroid dienone is 2. The number of nitrogens with zero attached hydrogens (tertiary/aromatic N) is 3. The molecule has 20 heavy (non-hydrogen) atoms. The number of carbonyl (C=O) groups is 1. The second kappa shape index (κ2) is 5.79. The van der Waals surface area contributed by atoms with Crippen LogP contribution in [-0.4, -0.2) is 52.4 Å². The number of amides is 1. The molecule has 1 aromatic rings. The van der Waals surface area contributed by atoms with E-state index in [0.29, 0.717) is 5.91 Å². The number of nitrogens with one attached hydrogen (secondary N) is 1. The van der Waals surface area contributed by atoms with Gasteiger partial charge < -0.3 is 9.88 Å². The molecule has 1 saturated heterocycles. The lowest BCUT2D eigenvalue weighted by Crippen LogP contribution is -2.51.